The average molecular weight is 377 g/mol. The van der Waals surface area contributed by atoms with Gasteiger partial charge in [-0.05, 0) is 44.0 Å². The molecule has 0 radical (unpaired) electrons. The third kappa shape index (κ3) is 7.16. The van der Waals surface area contributed by atoms with E-state index in [4.69, 9.17) is 4.74 Å². The van der Waals surface area contributed by atoms with E-state index in [1.165, 1.54) is 7.11 Å². The number of hydrogen-bond acceptors (Lipinski definition) is 5. The van der Waals surface area contributed by atoms with Gasteiger partial charge in [-0.2, -0.15) is 0 Å². The molecule has 0 saturated carbocycles. The molecule has 0 aliphatic carbocycles. The lowest BCUT2D eigenvalue weighted by Crippen LogP contribution is -2.30. The smallest absolute Gasteiger partial charge is 0.343 e. The molecule has 0 unspecified atom stereocenters. The highest BCUT2D eigenvalue weighted by atomic mass is 16.6. The second kappa shape index (κ2) is 10.4. The molecule has 0 aromatic heterocycles. The quantitative estimate of drug-likeness (QED) is 0.428. The Labute approximate surface area is 159 Å². The van der Waals surface area contributed by atoms with Crippen molar-refractivity contribution in [1.29, 1.82) is 0 Å². The number of amides is 3. The molecule has 1 aromatic carbocycles. The van der Waals surface area contributed by atoms with E-state index >= 15 is 0 Å². The first kappa shape index (κ1) is 20.5. The topological polar surface area (TPSA) is 106 Å². The van der Waals surface area contributed by atoms with Gasteiger partial charge in [0.1, 0.15) is 5.75 Å². The monoisotopic (exact) mass is 377 g/mol. The molecule has 1 heterocycles. The molecule has 1 fully saturated rings. The van der Waals surface area contributed by atoms with Crippen LogP contribution in [0.2, 0.25) is 0 Å². The van der Waals surface area contributed by atoms with E-state index in [1.807, 2.05) is 6.92 Å². The summed E-state index contributed by atoms with van der Waals surface area (Å²) in [5.41, 5.74) is 0.680. The third-order valence-electron chi connectivity index (χ3n) is 4.42. The van der Waals surface area contributed by atoms with Crippen molar-refractivity contribution in [2.75, 3.05) is 19.0 Å². The first-order valence-electron chi connectivity index (χ1n) is 9.14. The SMILES string of the molecule is COC(=O)COc1ccc(NC(=O)CCCCC[C@@H]2NC(=O)N[C@H]2C)cc1. The highest BCUT2D eigenvalue weighted by molar-refractivity contribution is 5.90. The standard InChI is InChI=1S/C19H27N3O5/c1-13-16(22-19(25)20-13)6-4-3-5-7-17(23)21-14-8-10-15(11-9-14)27-12-18(24)26-2/h8-11,13,16H,3-7,12H2,1-2H3,(H,21,23)(H2,20,22,25)/t13-,16-/m0/s1. The molecule has 8 nitrogen and oxygen atoms in total. The van der Waals surface area contributed by atoms with Gasteiger partial charge in [0.2, 0.25) is 5.91 Å². The molecule has 0 bridgehead atoms. The van der Waals surface area contributed by atoms with E-state index in [9.17, 15) is 14.4 Å². The van der Waals surface area contributed by atoms with Crippen LogP contribution >= 0.6 is 0 Å². The van der Waals surface area contributed by atoms with Crippen molar-refractivity contribution in [2.24, 2.45) is 0 Å². The van der Waals surface area contributed by atoms with Crippen molar-refractivity contribution >= 4 is 23.6 Å². The van der Waals surface area contributed by atoms with E-state index in [1.54, 1.807) is 24.3 Å². The zero-order chi connectivity index (χ0) is 19.6. The van der Waals surface area contributed by atoms with Gasteiger partial charge in [0.15, 0.2) is 6.61 Å². The summed E-state index contributed by atoms with van der Waals surface area (Å²) in [6, 6.07) is 7.04. The van der Waals surface area contributed by atoms with Crippen molar-refractivity contribution < 1.29 is 23.9 Å². The fraction of sp³-hybridized carbons (Fsp3) is 0.526. The van der Waals surface area contributed by atoms with Crippen LogP contribution in [0.15, 0.2) is 24.3 Å². The molecule has 2 rings (SSSR count). The molecular weight excluding hydrogens is 350 g/mol. The Morgan fingerprint density at radius 1 is 1.11 bits per heavy atom. The van der Waals surface area contributed by atoms with E-state index in [2.05, 4.69) is 20.7 Å². The van der Waals surface area contributed by atoms with Crippen LogP contribution < -0.4 is 20.7 Å². The average Bonchev–Trinajstić information content (AvgIpc) is 2.97. The molecule has 2 atom stereocenters. The minimum atomic E-state index is -0.451. The summed E-state index contributed by atoms with van der Waals surface area (Å²) in [6.45, 7) is 1.84. The van der Waals surface area contributed by atoms with Crippen LogP contribution in [0, 0.1) is 0 Å². The van der Waals surface area contributed by atoms with Crippen LogP contribution in [-0.4, -0.2) is 43.7 Å². The number of hydrogen-bond donors (Lipinski definition) is 3. The first-order valence-corrected chi connectivity index (χ1v) is 9.14. The molecule has 8 heteroatoms. The van der Waals surface area contributed by atoms with E-state index < -0.39 is 5.97 Å². The van der Waals surface area contributed by atoms with E-state index in [0.29, 0.717) is 17.9 Å². The van der Waals surface area contributed by atoms with Crippen LogP contribution in [0.3, 0.4) is 0 Å². The Kier molecular flexibility index (Phi) is 7.91. The van der Waals surface area contributed by atoms with E-state index in [0.717, 1.165) is 25.7 Å². The van der Waals surface area contributed by atoms with Gasteiger partial charge >= 0.3 is 12.0 Å². The zero-order valence-corrected chi connectivity index (χ0v) is 15.7. The molecular formula is C19H27N3O5. The maximum absolute atomic E-state index is 12.0. The number of esters is 1. The van der Waals surface area contributed by atoms with Gasteiger partial charge in [0, 0.05) is 18.2 Å². The van der Waals surface area contributed by atoms with Gasteiger partial charge in [-0.3, -0.25) is 4.79 Å². The van der Waals surface area contributed by atoms with Gasteiger partial charge in [-0.1, -0.05) is 12.8 Å². The summed E-state index contributed by atoms with van der Waals surface area (Å²) in [5.74, 6) is 0.0389. The molecule has 3 N–H and O–H groups in total. The molecule has 0 spiro atoms. The number of anilines is 1. The Balaban J connectivity index is 1.60. The minimum Gasteiger partial charge on any atom is -0.482 e. The molecule has 27 heavy (non-hydrogen) atoms. The summed E-state index contributed by atoms with van der Waals surface area (Å²) in [4.78, 5) is 34.2. The largest absolute Gasteiger partial charge is 0.482 e. The fourth-order valence-electron chi connectivity index (χ4n) is 2.85. The summed E-state index contributed by atoms with van der Waals surface area (Å²) in [5, 5.41) is 8.56. The van der Waals surface area contributed by atoms with Crippen LogP contribution in [0.25, 0.3) is 0 Å². The molecule has 1 aliphatic heterocycles. The third-order valence-corrected chi connectivity index (χ3v) is 4.42. The second-order valence-corrected chi connectivity index (χ2v) is 6.55. The van der Waals surface area contributed by atoms with E-state index in [-0.39, 0.29) is 30.6 Å². The Bertz CT molecular complexity index is 647. The lowest BCUT2D eigenvalue weighted by atomic mass is 10.0. The zero-order valence-electron chi connectivity index (χ0n) is 15.7. The maximum atomic E-state index is 12.0. The number of benzene rings is 1. The summed E-state index contributed by atoms with van der Waals surface area (Å²) >= 11 is 0. The van der Waals surface area contributed by atoms with Crippen molar-refractivity contribution in [3.8, 4) is 5.75 Å². The lowest BCUT2D eigenvalue weighted by Gasteiger charge is -2.13. The highest BCUT2D eigenvalue weighted by Crippen LogP contribution is 2.17. The molecule has 1 aliphatic rings. The Hall–Kier alpha value is -2.77. The predicted molar refractivity (Wildman–Crippen MR) is 101 cm³/mol. The van der Waals surface area contributed by atoms with Crippen LogP contribution in [-0.2, 0) is 14.3 Å². The van der Waals surface area contributed by atoms with Gasteiger partial charge in [-0.15, -0.1) is 0 Å². The second-order valence-electron chi connectivity index (χ2n) is 6.55. The number of ether oxygens (including phenoxy) is 2. The van der Waals surface area contributed by atoms with Crippen molar-refractivity contribution in [2.45, 2.75) is 51.1 Å². The van der Waals surface area contributed by atoms with Gasteiger partial charge in [-0.25, -0.2) is 9.59 Å². The van der Waals surface area contributed by atoms with Crippen molar-refractivity contribution in [3.05, 3.63) is 24.3 Å². The molecule has 3 amide bonds. The van der Waals surface area contributed by atoms with Crippen LogP contribution in [0.1, 0.15) is 39.0 Å². The molecule has 1 saturated heterocycles. The summed E-state index contributed by atoms with van der Waals surface area (Å²) in [7, 11) is 1.30. The number of nitrogens with one attached hydrogen (secondary N) is 3. The summed E-state index contributed by atoms with van der Waals surface area (Å²) in [6.07, 6.45) is 4.07. The number of methoxy groups -OCH3 is 1. The van der Waals surface area contributed by atoms with Gasteiger partial charge in [0.25, 0.3) is 0 Å². The van der Waals surface area contributed by atoms with Crippen molar-refractivity contribution in [3.63, 3.8) is 0 Å². The number of urea groups is 1. The maximum Gasteiger partial charge on any atom is 0.343 e. The first-order chi connectivity index (χ1) is 13.0. The van der Waals surface area contributed by atoms with Crippen LogP contribution in [0.5, 0.6) is 5.75 Å². The van der Waals surface area contributed by atoms with Gasteiger partial charge in [0.05, 0.1) is 13.2 Å². The molecule has 1 aromatic rings. The molecule has 148 valence electrons. The lowest BCUT2D eigenvalue weighted by molar-refractivity contribution is -0.142. The number of carbonyl (C=O) groups is 3. The minimum absolute atomic E-state index is 0.0394. The van der Waals surface area contributed by atoms with Crippen molar-refractivity contribution in [1.82, 2.24) is 10.6 Å². The Morgan fingerprint density at radius 2 is 1.85 bits per heavy atom. The van der Waals surface area contributed by atoms with Gasteiger partial charge < -0.3 is 25.4 Å². The number of carbonyl (C=O) groups excluding carboxylic acids is 3. The number of unbranched alkanes of at least 4 members (excludes halogenated alkanes) is 2. The van der Waals surface area contributed by atoms with Crippen LogP contribution in [0.4, 0.5) is 10.5 Å². The summed E-state index contributed by atoms with van der Waals surface area (Å²) < 4.78 is 9.75. The highest BCUT2D eigenvalue weighted by Gasteiger charge is 2.26. The number of rotatable bonds is 10. The fourth-order valence-corrected chi connectivity index (χ4v) is 2.85. The normalized spacial score (nSPS) is 18.4. The Morgan fingerprint density at radius 3 is 2.48 bits per heavy atom. The predicted octanol–water partition coefficient (Wildman–Crippen LogP) is 2.20.